The molecule has 0 aliphatic heterocycles. The van der Waals surface area contributed by atoms with Gasteiger partial charge in [0.25, 0.3) is 0 Å². The van der Waals surface area contributed by atoms with Gasteiger partial charge >= 0.3 is 0 Å². The number of fused-ring (bicyclic) bond motifs is 4. The zero-order valence-electron chi connectivity index (χ0n) is 38.5. The third-order valence-corrected chi connectivity index (χ3v) is 14.0. The SMILES string of the molecule is CC(C)(C)c1cc(-c2ccccc2)c(-n2c(-c3[c-]ccc4c3oc3ccccc34)nc3ccccc32)c(-c2ccccc2)c1.CC(C)Cc1cc(-c2[c-]cccc2)ncc1[Si](C)(C)C.[Ir]. The first-order valence-electron chi connectivity index (χ1n) is 22.4. The second kappa shape index (κ2) is 18.7. The molecule has 4 nitrogen and oxygen atoms in total. The molecule has 7 aromatic carbocycles. The van der Waals surface area contributed by atoms with E-state index in [-0.39, 0.29) is 25.5 Å². The van der Waals surface area contributed by atoms with Gasteiger partial charge in [0.2, 0.25) is 0 Å². The number of hydrogen-bond donors (Lipinski definition) is 0. The number of benzene rings is 7. The van der Waals surface area contributed by atoms with Crippen LogP contribution in [-0.2, 0) is 31.9 Å². The quantitative estimate of drug-likeness (QED) is 0.113. The molecule has 0 saturated carbocycles. The molecule has 0 bridgehead atoms. The third-order valence-electron chi connectivity index (χ3n) is 11.9. The Kier molecular flexibility index (Phi) is 13.1. The monoisotopic (exact) mass is 1040 g/mol. The summed E-state index contributed by atoms with van der Waals surface area (Å²) in [4.78, 5) is 9.98. The Morgan fingerprint density at radius 3 is 1.94 bits per heavy atom. The summed E-state index contributed by atoms with van der Waals surface area (Å²) in [5.74, 6) is 1.47. The summed E-state index contributed by atoms with van der Waals surface area (Å²) in [5, 5.41) is 3.64. The third kappa shape index (κ3) is 9.35. The number of nitrogens with zero attached hydrogens (tertiary/aromatic N) is 3. The van der Waals surface area contributed by atoms with Gasteiger partial charge in [-0.25, -0.2) is 0 Å². The van der Waals surface area contributed by atoms with Gasteiger partial charge in [-0.05, 0) is 75.7 Å². The van der Waals surface area contributed by atoms with Gasteiger partial charge in [0.05, 0.1) is 36.2 Å². The minimum absolute atomic E-state index is 0. The fourth-order valence-corrected chi connectivity index (χ4v) is 10.3. The molecule has 0 N–H and O–H groups in total. The molecule has 0 fully saturated rings. The van der Waals surface area contributed by atoms with Gasteiger partial charge in [-0.1, -0.05) is 168 Å². The van der Waals surface area contributed by atoms with E-state index in [4.69, 9.17) is 9.40 Å². The number of para-hydroxylation sites is 3. The minimum Gasteiger partial charge on any atom is -0.501 e. The van der Waals surface area contributed by atoms with Crippen LogP contribution >= 0.6 is 0 Å². The number of pyridine rings is 1. The number of hydrogen-bond acceptors (Lipinski definition) is 3. The van der Waals surface area contributed by atoms with Gasteiger partial charge in [-0.15, -0.1) is 54.1 Å². The van der Waals surface area contributed by atoms with Crippen molar-refractivity contribution in [3.63, 3.8) is 0 Å². The zero-order valence-corrected chi connectivity index (χ0v) is 41.9. The minimum atomic E-state index is -1.34. The Morgan fingerprint density at radius 2 is 1.31 bits per heavy atom. The molecule has 6 heteroatoms. The molecule has 0 amide bonds. The van der Waals surface area contributed by atoms with Crippen LogP contribution in [0.1, 0.15) is 45.7 Å². The summed E-state index contributed by atoms with van der Waals surface area (Å²) >= 11 is 0. The van der Waals surface area contributed by atoms with Crippen molar-refractivity contribution < 1.29 is 24.5 Å². The van der Waals surface area contributed by atoms with Gasteiger partial charge in [0, 0.05) is 42.8 Å². The molecule has 0 aliphatic carbocycles. The average Bonchev–Trinajstić information content (AvgIpc) is 3.88. The summed E-state index contributed by atoms with van der Waals surface area (Å²) in [7, 11) is -1.34. The summed E-state index contributed by atoms with van der Waals surface area (Å²) in [6.45, 7) is 18.6. The van der Waals surface area contributed by atoms with E-state index in [9.17, 15) is 0 Å². The fraction of sp³-hybridized carbons (Fsp3) is 0.186. The van der Waals surface area contributed by atoms with Crippen molar-refractivity contribution in [2.45, 2.75) is 66.1 Å². The molecule has 3 aromatic heterocycles. The van der Waals surface area contributed by atoms with Crippen LogP contribution in [0.4, 0.5) is 0 Å². The largest absolute Gasteiger partial charge is 0.501 e. The van der Waals surface area contributed by atoms with Crippen LogP contribution in [0.3, 0.4) is 0 Å². The molecule has 10 rings (SSSR count). The summed E-state index contributed by atoms with van der Waals surface area (Å²) < 4.78 is 8.86. The Hall–Kier alpha value is -6.17. The van der Waals surface area contributed by atoms with Crippen LogP contribution in [0.15, 0.2) is 174 Å². The number of imidazole rings is 1. The number of aromatic nitrogens is 3. The molecular formula is C59H55IrN3OSi-2. The zero-order chi connectivity index (χ0) is 44.6. The number of furan rings is 1. The van der Waals surface area contributed by atoms with Crippen molar-refractivity contribution in [2.24, 2.45) is 5.92 Å². The van der Waals surface area contributed by atoms with Crippen molar-refractivity contribution in [1.82, 2.24) is 14.5 Å². The van der Waals surface area contributed by atoms with Crippen molar-refractivity contribution in [3.05, 3.63) is 193 Å². The van der Waals surface area contributed by atoms with Gasteiger partial charge < -0.3 is 14.0 Å². The summed E-state index contributed by atoms with van der Waals surface area (Å²) in [6.07, 6.45) is 3.24. The van der Waals surface area contributed by atoms with Gasteiger partial charge in [0.15, 0.2) is 0 Å². The van der Waals surface area contributed by atoms with Gasteiger partial charge in [-0.3, -0.25) is 4.98 Å². The van der Waals surface area contributed by atoms with Gasteiger partial charge in [-0.2, -0.15) is 0 Å². The first-order chi connectivity index (χ1) is 30.8. The number of rotatable bonds is 8. The van der Waals surface area contributed by atoms with E-state index in [1.54, 1.807) is 0 Å². The normalized spacial score (nSPS) is 11.8. The van der Waals surface area contributed by atoms with E-state index >= 15 is 0 Å². The van der Waals surface area contributed by atoms with Crippen molar-refractivity contribution >= 4 is 46.2 Å². The van der Waals surface area contributed by atoms with Crippen LogP contribution in [-0.4, -0.2) is 22.6 Å². The standard InChI is InChI=1S/C41H31N2O.C18H24NSi.Ir/c1-41(2,3)29-25-33(27-15-6-4-7-16-27)38(34(26-29)28-17-8-5-9-18-28)43-36-23-12-11-22-35(36)42-40(43)32-21-14-20-31-30-19-10-13-24-37(30)44-39(31)32;1-14(2)11-16-12-17(15-9-7-6-8-10-15)19-13-18(16)20(3,4)5;/h4-20,22-26H,1-3H3;6-9,12-14H,11H2,1-5H3;/q2*-1;. The van der Waals surface area contributed by atoms with Crippen LogP contribution in [0.25, 0.3) is 83.6 Å². The summed E-state index contributed by atoms with van der Waals surface area (Å²) in [6, 6.07) is 63.9. The molecule has 3 heterocycles. The second-order valence-electron chi connectivity index (χ2n) is 19.2. The molecule has 0 spiro atoms. The maximum absolute atomic E-state index is 6.53. The Balaban J connectivity index is 0.000000232. The van der Waals surface area contributed by atoms with Crippen molar-refractivity contribution in [1.29, 1.82) is 0 Å². The molecule has 0 saturated heterocycles. The molecule has 10 aromatic rings. The fourth-order valence-electron chi connectivity index (χ4n) is 8.74. The van der Waals surface area contributed by atoms with Crippen LogP contribution in [0, 0.1) is 18.1 Å². The maximum Gasteiger partial charge on any atom is 0.120 e. The average molecular weight is 1040 g/mol. The topological polar surface area (TPSA) is 43.9 Å². The molecule has 0 unspecified atom stereocenters. The molecule has 65 heavy (non-hydrogen) atoms. The van der Waals surface area contributed by atoms with Crippen molar-refractivity contribution in [2.75, 3.05) is 0 Å². The smallest absolute Gasteiger partial charge is 0.120 e. The summed E-state index contributed by atoms with van der Waals surface area (Å²) in [5.41, 5.74) is 14.9. The van der Waals surface area contributed by atoms with Gasteiger partial charge in [0.1, 0.15) is 5.58 Å². The Morgan fingerprint density at radius 1 is 0.677 bits per heavy atom. The van der Waals surface area contributed by atoms with E-state index in [1.165, 1.54) is 16.3 Å². The predicted molar refractivity (Wildman–Crippen MR) is 272 cm³/mol. The molecule has 0 atom stereocenters. The van der Waals surface area contributed by atoms with Crippen molar-refractivity contribution in [3.8, 4) is 50.6 Å². The Labute approximate surface area is 398 Å². The van der Waals surface area contributed by atoms with E-state index in [0.29, 0.717) is 5.92 Å². The van der Waals surface area contributed by atoms with E-state index in [0.717, 1.165) is 90.0 Å². The van der Waals surface area contributed by atoms with Crippen LogP contribution in [0.2, 0.25) is 19.6 Å². The molecular weight excluding hydrogens is 987 g/mol. The Bertz CT molecular complexity index is 3170. The predicted octanol–water partition coefficient (Wildman–Crippen LogP) is 15.3. The van der Waals surface area contributed by atoms with E-state index < -0.39 is 8.07 Å². The molecule has 327 valence electrons. The first-order valence-corrected chi connectivity index (χ1v) is 25.9. The molecule has 0 aliphatic rings. The first kappa shape index (κ1) is 45.4. The maximum atomic E-state index is 6.53. The van der Waals surface area contributed by atoms with E-state index in [1.807, 2.05) is 42.5 Å². The van der Waals surface area contributed by atoms with Crippen LogP contribution in [0.5, 0.6) is 0 Å². The molecule has 1 radical (unpaired) electrons. The second-order valence-corrected chi connectivity index (χ2v) is 24.2. The van der Waals surface area contributed by atoms with Crippen LogP contribution < -0.4 is 5.19 Å². The van der Waals surface area contributed by atoms with E-state index in [2.05, 4.69) is 203 Å².